The molecule has 2 unspecified atom stereocenters. The lowest BCUT2D eigenvalue weighted by Gasteiger charge is -2.31. The summed E-state index contributed by atoms with van der Waals surface area (Å²) in [6.07, 6.45) is 2.22. The lowest BCUT2D eigenvalue weighted by molar-refractivity contribution is -0.127. The highest BCUT2D eigenvalue weighted by atomic mass is 32.1. The second-order valence-electron chi connectivity index (χ2n) is 11.5. The van der Waals surface area contributed by atoms with E-state index in [1.54, 1.807) is 15.8 Å². The van der Waals surface area contributed by atoms with Crippen LogP contribution in [0.15, 0.2) is 66.7 Å². The zero-order chi connectivity index (χ0) is 32.3. The molecule has 5 heterocycles. The van der Waals surface area contributed by atoms with Crippen LogP contribution in [-0.4, -0.2) is 59.7 Å². The Morgan fingerprint density at radius 1 is 1.20 bits per heavy atom. The first kappa shape index (κ1) is 29.8. The number of aliphatic hydroxyl groups is 1. The first-order valence-corrected chi connectivity index (χ1v) is 15.6. The van der Waals surface area contributed by atoms with Crippen molar-refractivity contribution in [2.45, 2.75) is 32.5 Å². The molecule has 2 aromatic carbocycles. The number of thiophene rings is 1. The number of benzene rings is 2. The average Bonchev–Trinajstić information content (AvgIpc) is 3.78. The Hall–Kier alpha value is -4.94. The Bertz CT molecular complexity index is 2170. The van der Waals surface area contributed by atoms with Gasteiger partial charge in [-0.1, -0.05) is 18.7 Å². The first-order valence-electron chi connectivity index (χ1n) is 14.8. The van der Waals surface area contributed by atoms with Crippen molar-refractivity contribution in [1.29, 1.82) is 0 Å². The summed E-state index contributed by atoms with van der Waals surface area (Å²) in [5, 5.41) is 22.9. The van der Waals surface area contributed by atoms with Crippen LogP contribution < -0.4 is 4.74 Å². The molecule has 0 bridgehead atoms. The summed E-state index contributed by atoms with van der Waals surface area (Å²) in [6, 6.07) is 11.5. The minimum absolute atomic E-state index is 0.0214. The third-order valence-corrected chi connectivity index (χ3v) is 9.11. The predicted octanol–water partition coefficient (Wildman–Crippen LogP) is 6.51. The fourth-order valence-corrected chi connectivity index (χ4v) is 7.02. The van der Waals surface area contributed by atoms with Crippen LogP contribution >= 0.6 is 11.3 Å². The molecule has 2 atom stereocenters. The highest BCUT2D eigenvalue weighted by molar-refractivity contribution is 7.18. The Balaban J connectivity index is 1.52. The van der Waals surface area contributed by atoms with Crippen molar-refractivity contribution in [2.24, 2.45) is 7.05 Å². The highest BCUT2D eigenvalue weighted by Crippen LogP contribution is 2.47. The van der Waals surface area contributed by atoms with Gasteiger partial charge in [0, 0.05) is 52.3 Å². The van der Waals surface area contributed by atoms with Crippen LogP contribution in [0, 0.1) is 11.6 Å². The molecule has 7 rings (SSSR count). The molecule has 0 radical (unpaired) electrons. The van der Waals surface area contributed by atoms with E-state index in [-0.39, 0.29) is 29.9 Å². The van der Waals surface area contributed by atoms with Crippen LogP contribution in [0.5, 0.6) is 5.75 Å². The summed E-state index contributed by atoms with van der Waals surface area (Å²) in [5.41, 5.74) is 4.46. The SMILES string of the molecule is C=CC(=O)N1Cc2cc(-c3nc(-c4ccc5cnn(C)c5c4)c4ccsc4c3-c3c(F)cc(F)cc3OCC(C)O)nn2C(C)C1. The van der Waals surface area contributed by atoms with Gasteiger partial charge in [0.15, 0.2) is 0 Å². The molecule has 0 saturated heterocycles. The number of aryl methyl sites for hydroxylation is 1. The predicted molar refractivity (Wildman–Crippen MR) is 173 cm³/mol. The van der Waals surface area contributed by atoms with Crippen molar-refractivity contribution < 1.29 is 23.4 Å². The Kier molecular flexibility index (Phi) is 7.41. The molecule has 4 aromatic heterocycles. The average molecular weight is 641 g/mol. The normalized spacial score (nSPS) is 15.3. The van der Waals surface area contributed by atoms with Gasteiger partial charge in [-0.2, -0.15) is 10.2 Å². The number of aromatic nitrogens is 5. The molecule has 1 N–H and O–H groups in total. The van der Waals surface area contributed by atoms with Crippen LogP contribution in [0.3, 0.4) is 0 Å². The monoisotopic (exact) mass is 640 g/mol. The molecule has 46 heavy (non-hydrogen) atoms. The summed E-state index contributed by atoms with van der Waals surface area (Å²) >= 11 is 1.40. The van der Waals surface area contributed by atoms with Crippen LogP contribution in [0.4, 0.5) is 8.78 Å². The molecule has 1 aliphatic rings. The minimum atomic E-state index is -0.870. The lowest BCUT2D eigenvalue weighted by Crippen LogP contribution is -2.39. The number of nitrogens with zero attached hydrogens (tertiary/aromatic N) is 6. The van der Waals surface area contributed by atoms with E-state index in [0.29, 0.717) is 40.4 Å². The van der Waals surface area contributed by atoms with E-state index in [1.807, 2.05) is 54.4 Å². The number of hydrogen-bond acceptors (Lipinski definition) is 7. The molecule has 0 aliphatic carbocycles. The van der Waals surface area contributed by atoms with E-state index in [1.165, 1.54) is 24.3 Å². The number of rotatable bonds is 7. The van der Waals surface area contributed by atoms with Gasteiger partial charge in [0.1, 0.15) is 35.4 Å². The van der Waals surface area contributed by atoms with Crippen molar-refractivity contribution in [3.05, 3.63) is 84.0 Å². The summed E-state index contributed by atoms with van der Waals surface area (Å²) < 4.78 is 40.8. The van der Waals surface area contributed by atoms with Gasteiger partial charge in [-0.05, 0) is 43.5 Å². The fraction of sp³-hybridized carbons (Fsp3) is 0.235. The fourth-order valence-electron chi connectivity index (χ4n) is 6.07. The van der Waals surface area contributed by atoms with E-state index in [0.717, 1.165) is 39.7 Å². The summed E-state index contributed by atoms with van der Waals surface area (Å²) in [4.78, 5) is 19.4. The van der Waals surface area contributed by atoms with E-state index in [4.69, 9.17) is 14.8 Å². The zero-order valence-electron chi connectivity index (χ0n) is 25.4. The van der Waals surface area contributed by atoms with Crippen LogP contribution in [-0.2, 0) is 18.4 Å². The molecule has 0 spiro atoms. The molecule has 234 valence electrons. The summed E-state index contributed by atoms with van der Waals surface area (Å²) in [6.45, 7) is 7.72. The van der Waals surface area contributed by atoms with Crippen molar-refractivity contribution >= 4 is 38.2 Å². The number of fused-ring (bicyclic) bond motifs is 3. The van der Waals surface area contributed by atoms with Crippen LogP contribution in [0.25, 0.3) is 54.8 Å². The molecule has 9 nitrogen and oxygen atoms in total. The molecule has 1 aliphatic heterocycles. The Morgan fingerprint density at radius 2 is 2.02 bits per heavy atom. The van der Waals surface area contributed by atoms with Crippen LogP contribution in [0.1, 0.15) is 25.6 Å². The smallest absolute Gasteiger partial charge is 0.246 e. The molecular weight excluding hydrogens is 610 g/mol. The Labute approximate surface area is 267 Å². The van der Waals surface area contributed by atoms with Crippen molar-refractivity contribution in [1.82, 2.24) is 29.4 Å². The number of hydrogen-bond donors (Lipinski definition) is 1. The molecule has 6 aromatic rings. The third kappa shape index (κ3) is 5.03. The van der Waals surface area contributed by atoms with E-state index < -0.39 is 17.7 Å². The second-order valence-corrected chi connectivity index (χ2v) is 12.5. The van der Waals surface area contributed by atoms with Crippen molar-refractivity contribution in [2.75, 3.05) is 13.2 Å². The van der Waals surface area contributed by atoms with Crippen molar-refractivity contribution in [3.63, 3.8) is 0 Å². The van der Waals surface area contributed by atoms with Gasteiger partial charge < -0.3 is 14.7 Å². The Morgan fingerprint density at radius 3 is 2.80 bits per heavy atom. The number of carbonyl (C=O) groups excluding carboxylic acids is 1. The number of pyridine rings is 1. The first-order chi connectivity index (χ1) is 22.1. The maximum absolute atomic E-state index is 16.0. The quantitative estimate of drug-likeness (QED) is 0.200. The van der Waals surface area contributed by atoms with E-state index >= 15 is 4.39 Å². The largest absolute Gasteiger partial charge is 0.490 e. The topological polar surface area (TPSA) is 98.3 Å². The van der Waals surface area contributed by atoms with E-state index in [9.17, 15) is 14.3 Å². The van der Waals surface area contributed by atoms with Gasteiger partial charge in [-0.3, -0.25) is 14.2 Å². The zero-order valence-corrected chi connectivity index (χ0v) is 26.2. The molecule has 0 fully saturated rings. The second kappa shape index (κ2) is 11.5. The van der Waals surface area contributed by atoms with Gasteiger partial charge in [0.2, 0.25) is 5.91 Å². The molecule has 0 saturated carbocycles. The van der Waals surface area contributed by atoms with Gasteiger partial charge in [0.05, 0.1) is 47.4 Å². The summed E-state index contributed by atoms with van der Waals surface area (Å²) in [7, 11) is 1.87. The third-order valence-electron chi connectivity index (χ3n) is 8.18. The minimum Gasteiger partial charge on any atom is -0.490 e. The molecule has 1 amide bonds. The molecular formula is C34H30F2N6O3S. The number of carbonyl (C=O) groups is 1. The number of aliphatic hydroxyl groups excluding tert-OH is 1. The van der Waals surface area contributed by atoms with Gasteiger partial charge in [0.25, 0.3) is 0 Å². The number of halogens is 2. The van der Waals surface area contributed by atoms with Gasteiger partial charge in [-0.15, -0.1) is 11.3 Å². The van der Waals surface area contributed by atoms with Crippen LogP contribution in [0.2, 0.25) is 0 Å². The van der Waals surface area contributed by atoms with E-state index in [2.05, 4.69) is 11.7 Å². The highest BCUT2D eigenvalue weighted by Gasteiger charge is 2.30. The number of ether oxygens (including phenoxy) is 1. The maximum atomic E-state index is 16.0. The number of amides is 1. The maximum Gasteiger partial charge on any atom is 0.246 e. The van der Waals surface area contributed by atoms with Crippen molar-refractivity contribution in [3.8, 4) is 39.5 Å². The lowest BCUT2D eigenvalue weighted by atomic mass is 9.96. The molecule has 12 heteroatoms. The van der Waals surface area contributed by atoms with Gasteiger partial charge >= 0.3 is 0 Å². The standard InChI is InChI=1S/C34H30F2N6O3S/c1-5-29(44)41-15-18(2)42-23(16-41)13-26(39-42)33-31(30-25(36)11-22(35)12-28(30)45-17-19(3)43)34-24(8-9-46-34)32(38-33)20-6-7-21-14-37-40(4)27(21)10-20/h5-14,18-19,43H,1,15-17H2,2-4H3. The summed E-state index contributed by atoms with van der Waals surface area (Å²) in [5.74, 6) is -1.87. The van der Waals surface area contributed by atoms with Gasteiger partial charge in [-0.25, -0.2) is 13.8 Å².